The first-order valence-corrected chi connectivity index (χ1v) is 10.1. The maximum absolute atomic E-state index is 13.0. The van der Waals surface area contributed by atoms with Gasteiger partial charge in [0.15, 0.2) is 0 Å². The van der Waals surface area contributed by atoms with Crippen molar-refractivity contribution in [1.29, 1.82) is 0 Å². The lowest BCUT2D eigenvalue weighted by atomic mass is 9.92. The van der Waals surface area contributed by atoms with Gasteiger partial charge < -0.3 is 4.90 Å². The Balaban J connectivity index is 1.55. The van der Waals surface area contributed by atoms with Gasteiger partial charge in [0.1, 0.15) is 12.0 Å². The summed E-state index contributed by atoms with van der Waals surface area (Å²) in [6, 6.07) is 6.02. The summed E-state index contributed by atoms with van der Waals surface area (Å²) in [7, 11) is 0. The van der Waals surface area contributed by atoms with E-state index >= 15 is 0 Å². The molecule has 1 aliphatic heterocycles. The van der Waals surface area contributed by atoms with Crippen LogP contribution in [0.25, 0.3) is 11.1 Å². The third kappa shape index (κ3) is 4.18. The lowest BCUT2D eigenvalue weighted by Gasteiger charge is -2.32. The molecule has 3 aromatic rings. The van der Waals surface area contributed by atoms with E-state index in [1.165, 1.54) is 6.33 Å². The summed E-state index contributed by atoms with van der Waals surface area (Å²) < 4.78 is 0. The molecule has 1 fully saturated rings. The van der Waals surface area contributed by atoms with E-state index in [1.54, 1.807) is 0 Å². The van der Waals surface area contributed by atoms with Crippen LogP contribution in [0.4, 0.5) is 0 Å². The van der Waals surface area contributed by atoms with Crippen LogP contribution in [0, 0.1) is 6.92 Å². The number of carbonyl (C=O) groups excluding carboxylic acids is 1. The first-order chi connectivity index (χ1) is 14.0. The van der Waals surface area contributed by atoms with Crippen LogP contribution in [-0.2, 0) is 0 Å². The molecule has 1 amide bonds. The summed E-state index contributed by atoms with van der Waals surface area (Å²) >= 11 is 0. The summed E-state index contributed by atoms with van der Waals surface area (Å²) in [4.78, 5) is 27.9. The van der Waals surface area contributed by atoms with Crippen molar-refractivity contribution in [3.8, 4) is 11.1 Å². The van der Waals surface area contributed by atoms with Crippen molar-refractivity contribution >= 4 is 5.91 Å². The fourth-order valence-electron chi connectivity index (χ4n) is 3.83. The number of likely N-dealkylation sites (tertiary alicyclic amines) is 1. The van der Waals surface area contributed by atoms with Gasteiger partial charge in [-0.3, -0.25) is 14.9 Å². The number of H-pyrrole nitrogens is 1. The van der Waals surface area contributed by atoms with Crippen LogP contribution in [0.2, 0.25) is 0 Å². The van der Waals surface area contributed by atoms with Crippen LogP contribution in [0.1, 0.15) is 66.1 Å². The Hall–Kier alpha value is -3.09. The molecule has 0 spiro atoms. The van der Waals surface area contributed by atoms with Gasteiger partial charge >= 0.3 is 0 Å². The van der Waals surface area contributed by atoms with Gasteiger partial charge in [0, 0.05) is 54.0 Å². The molecule has 0 bridgehead atoms. The number of aromatic amines is 1. The van der Waals surface area contributed by atoms with E-state index in [0.717, 1.165) is 47.6 Å². The van der Waals surface area contributed by atoms with Crippen molar-refractivity contribution in [3.63, 3.8) is 0 Å². The van der Waals surface area contributed by atoms with E-state index in [2.05, 4.69) is 40.1 Å². The fraction of sp³-hybridized carbons (Fsp3) is 0.409. The molecule has 7 nitrogen and oxygen atoms in total. The van der Waals surface area contributed by atoms with E-state index in [0.29, 0.717) is 18.2 Å². The van der Waals surface area contributed by atoms with E-state index < -0.39 is 0 Å². The van der Waals surface area contributed by atoms with Crippen molar-refractivity contribution in [3.05, 3.63) is 59.7 Å². The summed E-state index contributed by atoms with van der Waals surface area (Å²) in [5, 5.41) is 7.21. The molecule has 1 saturated heterocycles. The van der Waals surface area contributed by atoms with E-state index in [-0.39, 0.29) is 11.8 Å². The molecule has 0 saturated carbocycles. The molecular formula is C22H26N6O. The topological polar surface area (TPSA) is 87.7 Å². The van der Waals surface area contributed by atoms with Crippen LogP contribution in [-0.4, -0.2) is 49.0 Å². The van der Waals surface area contributed by atoms with Gasteiger partial charge in [0.2, 0.25) is 0 Å². The van der Waals surface area contributed by atoms with Crippen molar-refractivity contribution in [1.82, 2.24) is 30.0 Å². The molecular weight excluding hydrogens is 364 g/mol. The zero-order valence-corrected chi connectivity index (χ0v) is 17.1. The number of hydrogen-bond acceptors (Lipinski definition) is 5. The summed E-state index contributed by atoms with van der Waals surface area (Å²) in [5.74, 6) is 0.511. The second kappa shape index (κ2) is 8.11. The zero-order valence-electron chi connectivity index (χ0n) is 17.1. The lowest BCUT2D eigenvalue weighted by Crippen LogP contribution is -2.39. The van der Waals surface area contributed by atoms with E-state index in [1.807, 2.05) is 36.4 Å². The summed E-state index contributed by atoms with van der Waals surface area (Å²) in [6.07, 6.45) is 7.13. The highest BCUT2D eigenvalue weighted by molar-refractivity contribution is 5.92. The van der Waals surface area contributed by atoms with Crippen LogP contribution in [0.5, 0.6) is 0 Å². The first kappa shape index (κ1) is 19.2. The molecule has 1 aliphatic rings. The average molecular weight is 390 g/mol. The summed E-state index contributed by atoms with van der Waals surface area (Å²) in [5.41, 5.74) is 5.49. The largest absolute Gasteiger partial charge is 0.337 e. The van der Waals surface area contributed by atoms with Gasteiger partial charge in [0.05, 0.1) is 0 Å². The SMILES string of the molecule is Cc1cc(-c2cncnc2)cc([C@H]2CCCN(C(=O)c3cc(C(C)C)[nH]n3)C2)n1. The van der Waals surface area contributed by atoms with Crippen molar-refractivity contribution in [2.45, 2.75) is 45.4 Å². The minimum atomic E-state index is -0.0119. The Morgan fingerprint density at radius 1 is 1.17 bits per heavy atom. The number of piperidine rings is 1. The van der Waals surface area contributed by atoms with Gasteiger partial charge in [0.25, 0.3) is 5.91 Å². The van der Waals surface area contributed by atoms with Gasteiger partial charge in [-0.1, -0.05) is 13.8 Å². The van der Waals surface area contributed by atoms with Crippen molar-refractivity contribution in [2.75, 3.05) is 13.1 Å². The third-order valence-electron chi connectivity index (χ3n) is 5.43. The van der Waals surface area contributed by atoms with Gasteiger partial charge in [-0.25, -0.2) is 9.97 Å². The second-order valence-corrected chi connectivity index (χ2v) is 8.00. The normalized spacial score (nSPS) is 17.0. The fourth-order valence-corrected chi connectivity index (χ4v) is 3.83. The van der Waals surface area contributed by atoms with Crippen LogP contribution in [0.15, 0.2) is 36.9 Å². The maximum atomic E-state index is 13.0. The minimum Gasteiger partial charge on any atom is -0.337 e. The Morgan fingerprint density at radius 3 is 2.69 bits per heavy atom. The zero-order chi connectivity index (χ0) is 20.4. The summed E-state index contributed by atoms with van der Waals surface area (Å²) in [6.45, 7) is 7.57. The number of aromatic nitrogens is 5. The molecule has 4 heterocycles. The van der Waals surface area contributed by atoms with Crippen LogP contribution < -0.4 is 0 Å². The average Bonchev–Trinajstić information content (AvgIpc) is 3.24. The predicted octanol–water partition coefficient (Wildman–Crippen LogP) is 3.71. The number of aryl methyl sites for hydroxylation is 1. The Kier molecular flexibility index (Phi) is 5.38. The molecule has 0 unspecified atom stereocenters. The number of nitrogens with one attached hydrogen (secondary N) is 1. The first-order valence-electron chi connectivity index (χ1n) is 10.1. The maximum Gasteiger partial charge on any atom is 0.274 e. The smallest absolute Gasteiger partial charge is 0.274 e. The standard InChI is InChI=1S/C22H26N6O/c1-14(2)19-9-21(27-26-19)22(29)28-6-4-5-16(12-28)20-8-17(7-15(3)25-20)18-10-23-13-24-11-18/h7-11,13-14,16H,4-6,12H2,1-3H3,(H,26,27)/t16-/m0/s1. The van der Waals surface area contributed by atoms with Crippen molar-refractivity contribution in [2.24, 2.45) is 0 Å². The van der Waals surface area contributed by atoms with E-state index in [9.17, 15) is 4.79 Å². The molecule has 0 aromatic carbocycles. The number of rotatable bonds is 4. The quantitative estimate of drug-likeness (QED) is 0.734. The Bertz CT molecular complexity index is 998. The molecule has 1 atom stereocenters. The Morgan fingerprint density at radius 2 is 1.97 bits per heavy atom. The van der Waals surface area contributed by atoms with Gasteiger partial charge in [-0.2, -0.15) is 5.10 Å². The highest BCUT2D eigenvalue weighted by Gasteiger charge is 2.28. The highest BCUT2D eigenvalue weighted by atomic mass is 16.2. The van der Waals surface area contributed by atoms with Crippen LogP contribution in [0.3, 0.4) is 0 Å². The lowest BCUT2D eigenvalue weighted by molar-refractivity contribution is 0.0700. The third-order valence-corrected chi connectivity index (χ3v) is 5.43. The molecule has 0 radical (unpaired) electrons. The van der Waals surface area contributed by atoms with Crippen molar-refractivity contribution < 1.29 is 4.79 Å². The van der Waals surface area contributed by atoms with Gasteiger partial charge in [-0.05, 0) is 49.4 Å². The molecule has 3 aromatic heterocycles. The monoisotopic (exact) mass is 390 g/mol. The number of hydrogen-bond donors (Lipinski definition) is 1. The predicted molar refractivity (Wildman–Crippen MR) is 111 cm³/mol. The number of pyridine rings is 1. The number of nitrogens with zero attached hydrogens (tertiary/aromatic N) is 5. The highest BCUT2D eigenvalue weighted by Crippen LogP contribution is 2.30. The molecule has 0 aliphatic carbocycles. The van der Waals surface area contributed by atoms with Crippen LogP contribution >= 0.6 is 0 Å². The molecule has 1 N–H and O–H groups in total. The molecule has 29 heavy (non-hydrogen) atoms. The molecule has 7 heteroatoms. The second-order valence-electron chi connectivity index (χ2n) is 8.00. The Labute approximate surface area is 170 Å². The molecule has 150 valence electrons. The minimum absolute atomic E-state index is 0.0119. The van der Waals surface area contributed by atoms with E-state index in [4.69, 9.17) is 4.98 Å². The number of carbonyl (C=O) groups is 1. The molecule has 4 rings (SSSR count). The number of amides is 1. The van der Waals surface area contributed by atoms with Gasteiger partial charge in [-0.15, -0.1) is 0 Å².